The Morgan fingerprint density at radius 2 is 1.53 bits per heavy atom. The maximum Gasteiger partial charge on any atom is 0.422 e. The Kier molecular flexibility index (Phi) is 3.37. The van der Waals surface area contributed by atoms with Crippen LogP contribution in [0.25, 0.3) is 0 Å². The van der Waals surface area contributed by atoms with Gasteiger partial charge in [-0.2, -0.15) is 22.0 Å². The first-order valence-electron chi connectivity index (χ1n) is 3.66. The summed E-state index contributed by atoms with van der Waals surface area (Å²) in [7, 11) is 0. The van der Waals surface area contributed by atoms with Crippen LogP contribution >= 0.6 is 15.9 Å². The van der Waals surface area contributed by atoms with Gasteiger partial charge in [-0.05, 0) is 15.9 Å². The van der Waals surface area contributed by atoms with E-state index < -0.39 is 44.3 Å². The second kappa shape index (κ2) is 4.17. The number of halogens is 7. The number of benzene rings is 1. The molecule has 0 atom stereocenters. The van der Waals surface area contributed by atoms with Crippen LogP contribution in [0.1, 0.15) is 5.56 Å². The summed E-state index contributed by atoms with van der Waals surface area (Å²) in [6, 6.07) is 0. The third-order valence-corrected chi connectivity index (χ3v) is 2.40. The van der Waals surface area contributed by atoms with Crippen LogP contribution in [0.5, 0.6) is 0 Å². The third kappa shape index (κ3) is 2.21. The summed E-state index contributed by atoms with van der Waals surface area (Å²) in [5.74, 6) is -6.92. The summed E-state index contributed by atoms with van der Waals surface area (Å²) < 4.78 is 74.3. The van der Waals surface area contributed by atoms with Gasteiger partial charge in [0.1, 0.15) is 5.56 Å². The Morgan fingerprint density at radius 3 is 1.88 bits per heavy atom. The lowest BCUT2D eigenvalue weighted by atomic mass is 10.1. The Morgan fingerprint density at radius 1 is 1.06 bits per heavy atom. The number of hydrogen-bond donors (Lipinski definition) is 0. The Bertz CT molecular complexity index is 500. The van der Waals surface area contributed by atoms with Crippen LogP contribution in [0.3, 0.4) is 0 Å². The molecule has 1 aromatic rings. The van der Waals surface area contributed by atoms with Crippen LogP contribution in [-0.2, 0) is 6.18 Å². The molecule has 0 bridgehead atoms. The monoisotopic (exact) mass is 323 g/mol. The molecule has 0 aliphatic heterocycles. The molecule has 1 rings (SSSR count). The zero-order valence-electron chi connectivity index (χ0n) is 7.41. The van der Waals surface area contributed by atoms with Crippen molar-refractivity contribution in [2.75, 3.05) is 0 Å². The van der Waals surface area contributed by atoms with Crippen molar-refractivity contribution < 1.29 is 31.3 Å². The molecule has 0 saturated heterocycles. The fourth-order valence-electron chi connectivity index (χ4n) is 1.03. The van der Waals surface area contributed by atoms with E-state index in [-0.39, 0.29) is 0 Å². The Balaban J connectivity index is 3.81. The lowest BCUT2D eigenvalue weighted by Crippen LogP contribution is -2.15. The van der Waals surface area contributed by atoms with Gasteiger partial charge in [0.05, 0.1) is 9.40 Å². The lowest BCUT2D eigenvalue weighted by molar-refractivity contribution is -0.390. The number of nitro benzene ring substituents is 1. The van der Waals surface area contributed by atoms with Crippen molar-refractivity contribution in [3.8, 4) is 0 Å². The smallest absolute Gasteiger partial charge is 0.258 e. The van der Waals surface area contributed by atoms with Crippen molar-refractivity contribution >= 4 is 21.6 Å². The minimum atomic E-state index is -5.52. The van der Waals surface area contributed by atoms with Gasteiger partial charge >= 0.3 is 11.9 Å². The average Bonchev–Trinajstić information content (AvgIpc) is 2.11. The van der Waals surface area contributed by atoms with E-state index in [1.807, 2.05) is 0 Å². The quantitative estimate of drug-likeness (QED) is 0.259. The Hall–Kier alpha value is -1.32. The van der Waals surface area contributed by atoms with Crippen LogP contribution < -0.4 is 0 Å². The molecular formula is C7BrF6NO2. The minimum Gasteiger partial charge on any atom is -0.258 e. The van der Waals surface area contributed by atoms with Crippen molar-refractivity contribution in [3.63, 3.8) is 0 Å². The van der Waals surface area contributed by atoms with E-state index in [2.05, 4.69) is 15.9 Å². The van der Waals surface area contributed by atoms with Crippen LogP contribution in [0.4, 0.5) is 32.0 Å². The van der Waals surface area contributed by atoms with Gasteiger partial charge in [0.25, 0.3) is 0 Å². The molecule has 0 saturated carbocycles. The van der Waals surface area contributed by atoms with Crippen molar-refractivity contribution in [2.24, 2.45) is 0 Å². The summed E-state index contributed by atoms with van der Waals surface area (Å²) in [4.78, 5) is 8.50. The predicted molar refractivity (Wildman–Crippen MR) is 45.7 cm³/mol. The average molecular weight is 324 g/mol. The molecule has 0 aliphatic carbocycles. The van der Waals surface area contributed by atoms with E-state index in [9.17, 15) is 36.5 Å². The van der Waals surface area contributed by atoms with E-state index >= 15 is 0 Å². The maximum absolute atomic E-state index is 13.1. The number of rotatable bonds is 1. The second-order valence-corrected chi connectivity index (χ2v) is 3.53. The van der Waals surface area contributed by atoms with Crippen molar-refractivity contribution in [2.45, 2.75) is 6.18 Å². The first kappa shape index (κ1) is 13.7. The minimum absolute atomic E-state index is 1.45. The standard InChI is InChI=1S/C7BrF6NO2/c8-2-3(9)1(7(12,13)14)4(10)6(5(2)11)15(16)17. The maximum atomic E-state index is 13.1. The SMILES string of the molecule is O=[N+]([O-])c1c(F)c(Br)c(F)c(C(F)(F)F)c1F. The van der Waals surface area contributed by atoms with Crippen molar-refractivity contribution in [1.29, 1.82) is 0 Å². The molecule has 94 valence electrons. The van der Waals surface area contributed by atoms with Gasteiger partial charge in [0, 0.05) is 0 Å². The van der Waals surface area contributed by atoms with Crippen molar-refractivity contribution in [3.05, 3.63) is 37.6 Å². The fraction of sp³-hybridized carbons (Fsp3) is 0.143. The van der Waals surface area contributed by atoms with E-state index in [1.54, 1.807) is 0 Å². The number of alkyl halides is 3. The molecule has 0 amide bonds. The molecule has 10 heteroatoms. The largest absolute Gasteiger partial charge is 0.422 e. The molecule has 0 radical (unpaired) electrons. The summed E-state index contributed by atoms with van der Waals surface area (Å²) in [5.41, 5.74) is -4.58. The van der Waals surface area contributed by atoms with Crippen LogP contribution in [0.2, 0.25) is 0 Å². The highest BCUT2D eigenvalue weighted by atomic mass is 79.9. The molecule has 0 spiro atoms. The molecule has 0 fully saturated rings. The van der Waals surface area contributed by atoms with Gasteiger partial charge in [-0.3, -0.25) is 10.1 Å². The summed E-state index contributed by atoms with van der Waals surface area (Å²) in [5, 5.41) is 10.2. The highest BCUT2D eigenvalue weighted by Gasteiger charge is 2.44. The third-order valence-electron chi connectivity index (χ3n) is 1.71. The van der Waals surface area contributed by atoms with E-state index in [0.717, 1.165) is 0 Å². The van der Waals surface area contributed by atoms with Gasteiger partial charge in [-0.1, -0.05) is 0 Å². The molecule has 1 aromatic carbocycles. The molecule has 0 aliphatic rings. The molecule has 0 aromatic heterocycles. The number of hydrogen-bond acceptors (Lipinski definition) is 2. The zero-order chi connectivity index (χ0) is 13.5. The molecule has 0 unspecified atom stereocenters. The highest BCUT2D eigenvalue weighted by Crippen LogP contribution is 2.41. The first-order chi connectivity index (χ1) is 7.59. The molecule has 0 heterocycles. The zero-order valence-corrected chi connectivity index (χ0v) is 9.00. The van der Waals surface area contributed by atoms with Gasteiger partial charge in [0.15, 0.2) is 5.82 Å². The fourth-order valence-corrected chi connectivity index (χ4v) is 1.42. The lowest BCUT2D eigenvalue weighted by Gasteiger charge is -2.11. The molecule has 3 nitrogen and oxygen atoms in total. The van der Waals surface area contributed by atoms with Crippen molar-refractivity contribution in [1.82, 2.24) is 0 Å². The molecule has 17 heavy (non-hydrogen) atoms. The van der Waals surface area contributed by atoms with Gasteiger partial charge in [-0.15, -0.1) is 0 Å². The number of nitro groups is 1. The van der Waals surface area contributed by atoms with Crippen LogP contribution in [-0.4, -0.2) is 4.92 Å². The Labute approximate surface area is 97.3 Å². The first-order valence-corrected chi connectivity index (χ1v) is 4.45. The normalized spacial score (nSPS) is 11.7. The highest BCUT2D eigenvalue weighted by molar-refractivity contribution is 9.10. The predicted octanol–water partition coefficient (Wildman–Crippen LogP) is 3.79. The van der Waals surface area contributed by atoms with Gasteiger partial charge < -0.3 is 0 Å². The topological polar surface area (TPSA) is 43.1 Å². The van der Waals surface area contributed by atoms with E-state index in [0.29, 0.717) is 0 Å². The molecule has 0 N–H and O–H groups in total. The second-order valence-electron chi connectivity index (χ2n) is 2.73. The van der Waals surface area contributed by atoms with Crippen LogP contribution in [0, 0.1) is 27.6 Å². The molecular weight excluding hydrogens is 324 g/mol. The van der Waals surface area contributed by atoms with Gasteiger partial charge in [-0.25, -0.2) is 4.39 Å². The van der Waals surface area contributed by atoms with E-state index in [4.69, 9.17) is 0 Å². The van der Waals surface area contributed by atoms with Crippen LogP contribution in [0.15, 0.2) is 4.47 Å². The van der Waals surface area contributed by atoms with E-state index in [1.165, 1.54) is 0 Å². The summed E-state index contributed by atoms with van der Waals surface area (Å²) >= 11 is 2.05. The number of nitrogens with zero attached hydrogens (tertiary/aromatic N) is 1. The summed E-state index contributed by atoms with van der Waals surface area (Å²) in [6.07, 6.45) is -5.52. The van der Waals surface area contributed by atoms with Gasteiger partial charge in [0.2, 0.25) is 11.6 Å². The summed E-state index contributed by atoms with van der Waals surface area (Å²) in [6.45, 7) is 0.